The molecule has 0 aliphatic rings. The second-order valence-corrected chi connectivity index (χ2v) is 5.84. The van der Waals surface area contributed by atoms with Crippen molar-refractivity contribution in [1.82, 2.24) is 4.98 Å². The topological polar surface area (TPSA) is 40.6 Å². The van der Waals surface area contributed by atoms with Gasteiger partial charge in [0.2, 0.25) is 0 Å². The number of rotatable bonds is 5. The van der Waals surface area contributed by atoms with Gasteiger partial charge in [-0.15, -0.1) is 0 Å². The first-order valence-electron chi connectivity index (χ1n) is 4.83. The van der Waals surface area contributed by atoms with Crippen molar-refractivity contribution < 1.29 is 13.3 Å². The highest BCUT2D eigenvalue weighted by atomic mass is 28.4. The summed E-state index contributed by atoms with van der Waals surface area (Å²) in [6, 6.07) is 3.92. The Bertz CT molecular complexity index is 307. The van der Waals surface area contributed by atoms with Gasteiger partial charge in [-0.3, -0.25) is 4.98 Å². The van der Waals surface area contributed by atoms with Gasteiger partial charge >= 0.3 is 8.80 Å². The van der Waals surface area contributed by atoms with E-state index in [0.717, 1.165) is 17.3 Å². The van der Waals surface area contributed by atoms with Gasteiger partial charge in [0.05, 0.1) is 0 Å². The maximum absolute atomic E-state index is 5.40. The van der Waals surface area contributed by atoms with E-state index in [1.165, 1.54) is 0 Å². The van der Waals surface area contributed by atoms with Crippen LogP contribution in [0.4, 0.5) is 0 Å². The normalized spacial score (nSPS) is 11.7. The Morgan fingerprint density at radius 2 is 1.80 bits per heavy atom. The number of hydrogen-bond acceptors (Lipinski definition) is 4. The van der Waals surface area contributed by atoms with Crippen LogP contribution < -0.4 is 5.32 Å². The van der Waals surface area contributed by atoms with Crippen molar-refractivity contribution in [3.63, 3.8) is 0 Å². The fourth-order valence-electron chi connectivity index (χ4n) is 1.54. The molecule has 0 aliphatic heterocycles. The number of nitrogens with zero attached hydrogens (tertiary/aromatic N) is 1. The quantitative estimate of drug-likeness (QED) is 0.695. The zero-order valence-corrected chi connectivity index (χ0v) is 10.6. The minimum atomic E-state index is -2.77. The summed E-state index contributed by atoms with van der Waals surface area (Å²) < 4.78 is 16.2. The molecule has 0 N–H and O–H groups in total. The highest BCUT2D eigenvalue weighted by molar-refractivity contribution is 6.74. The van der Waals surface area contributed by atoms with Gasteiger partial charge in [0, 0.05) is 27.5 Å². The number of hydrogen-bond donors (Lipinski definition) is 0. The molecule has 1 aromatic heterocycles. The lowest BCUT2D eigenvalue weighted by Crippen LogP contribution is -2.57. The molecule has 0 saturated carbocycles. The van der Waals surface area contributed by atoms with Crippen molar-refractivity contribution in [2.45, 2.75) is 13.3 Å². The lowest BCUT2D eigenvalue weighted by molar-refractivity contribution is 0.139. The Morgan fingerprint density at radius 3 is 2.27 bits per heavy atom. The van der Waals surface area contributed by atoms with Crippen LogP contribution in [0, 0.1) is 0 Å². The highest BCUT2D eigenvalue weighted by Gasteiger charge is 2.44. The van der Waals surface area contributed by atoms with Crippen LogP contribution in [0.2, 0.25) is 0 Å². The van der Waals surface area contributed by atoms with Crippen LogP contribution >= 0.6 is 0 Å². The van der Waals surface area contributed by atoms with E-state index >= 15 is 0 Å². The van der Waals surface area contributed by atoms with Crippen molar-refractivity contribution in [3.05, 3.63) is 23.9 Å². The summed E-state index contributed by atoms with van der Waals surface area (Å²) in [6.45, 7) is 2.07. The first-order valence-corrected chi connectivity index (χ1v) is 6.56. The highest BCUT2D eigenvalue weighted by Crippen LogP contribution is 2.09. The van der Waals surface area contributed by atoms with Crippen molar-refractivity contribution in [1.29, 1.82) is 0 Å². The molecule has 0 unspecified atom stereocenters. The molecule has 0 spiro atoms. The molecule has 1 heterocycles. The largest absolute Gasteiger partial charge is 0.556 e. The van der Waals surface area contributed by atoms with E-state index in [2.05, 4.69) is 11.9 Å². The molecule has 5 heteroatoms. The summed E-state index contributed by atoms with van der Waals surface area (Å²) in [7, 11) is 2.00. The molecule has 0 fully saturated rings. The zero-order valence-electron chi connectivity index (χ0n) is 9.61. The van der Waals surface area contributed by atoms with Gasteiger partial charge < -0.3 is 13.3 Å². The van der Waals surface area contributed by atoms with Gasteiger partial charge in [0.1, 0.15) is 5.32 Å². The molecule has 0 bridgehead atoms. The van der Waals surface area contributed by atoms with E-state index in [-0.39, 0.29) is 0 Å². The van der Waals surface area contributed by atoms with Crippen molar-refractivity contribution >= 4 is 14.1 Å². The molecule has 84 valence electrons. The van der Waals surface area contributed by atoms with E-state index in [9.17, 15) is 0 Å². The first kappa shape index (κ1) is 12.3. The van der Waals surface area contributed by atoms with Gasteiger partial charge in [0.15, 0.2) is 0 Å². The van der Waals surface area contributed by atoms with E-state index in [1.807, 2.05) is 12.1 Å². The molecule has 0 aromatic carbocycles. The summed E-state index contributed by atoms with van der Waals surface area (Å²) in [5.74, 6) is 0. The van der Waals surface area contributed by atoms with Crippen LogP contribution in [0.5, 0.6) is 0 Å². The molecule has 15 heavy (non-hydrogen) atoms. The Balaban J connectivity index is 3.21. The molecule has 0 atom stereocenters. The number of aryl methyl sites for hydroxylation is 1. The van der Waals surface area contributed by atoms with Crippen molar-refractivity contribution in [2.75, 3.05) is 21.3 Å². The maximum Gasteiger partial charge on any atom is 0.556 e. The molecular weight excluding hydrogens is 210 g/mol. The summed E-state index contributed by atoms with van der Waals surface area (Å²) in [5.41, 5.74) is 1.11. The molecule has 0 saturated heterocycles. The van der Waals surface area contributed by atoms with Gasteiger partial charge in [-0.25, -0.2) is 0 Å². The van der Waals surface area contributed by atoms with Crippen LogP contribution in [0.15, 0.2) is 18.3 Å². The average molecular weight is 227 g/mol. The minimum Gasteiger partial charge on any atom is -0.372 e. The fraction of sp³-hybridized carbons (Fsp3) is 0.500. The predicted octanol–water partition coefficient (Wildman–Crippen LogP) is 0.729. The number of pyridine rings is 1. The molecule has 1 rings (SSSR count). The second-order valence-electron chi connectivity index (χ2n) is 3.03. The summed E-state index contributed by atoms with van der Waals surface area (Å²) in [4.78, 5) is 4.32. The van der Waals surface area contributed by atoms with Crippen LogP contribution in [0.3, 0.4) is 0 Å². The van der Waals surface area contributed by atoms with Gasteiger partial charge in [-0.05, 0) is 18.1 Å². The molecule has 4 nitrogen and oxygen atoms in total. The summed E-state index contributed by atoms with van der Waals surface area (Å²) in [5, 5.41) is 0.806. The Morgan fingerprint density at radius 1 is 1.20 bits per heavy atom. The molecule has 0 amide bonds. The third-order valence-corrected chi connectivity index (χ3v) is 5.01. The summed E-state index contributed by atoms with van der Waals surface area (Å²) in [6.07, 6.45) is 2.61. The zero-order chi connectivity index (χ0) is 11.3. The van der Waals surface area contributed by atoms with Crippen molar-refractivity contribution in [3.8, 4) is 0 Å². The Hall–Kier alpha value is -0.753. The standard InChI is InChI=1S/C10H17NO3Si/c1-5-9-7-6-8-11-10(9)15(12-2,13-3)14-4/h6-8H,5H2,1-4H3. The molecular formula is C10H17NO3Si. The van der Waals surface area contributed by atoms with Crippen molar-refractivity contribution in [2.24, 2.45) is 0 Å². The predicted molar refractivity (Wildman–Crippen MR) is 60.0 cm³/mol. The van der Waals surface area contributed by atoms with E-state index in [0.29, 0.717) is 0 Å². The van der Waals surface area contributed by atoms with E-state index < -0.39 is 8.80 Å². The third-order valence-electron chi connectivity index (χ3n) is 2.37. The second kappa shape index (κ2) is 5.36. The first-order chi connectivity index (χ1) is 7.24. The van der Waals surface area contributed by atoms with Crippen LogP contribution in [-0.2, 0) is 19.7 Å². The molecule has 0 aliphatic carbocycles. The third kappa shape index (κ3) is 2.26. The Kier molecular flexibility index (Phi) is 4.40. The SMILES string of the molecule is CCc1cccnc1[Si](OC)(OC)OC. The van der Waals surface area contributed by atoms with Gasteiger partial charge in [0.25, 0.3) is 0 Å². The van der Waals surface area contributed by atoms with Crippen LogP contribution in [-0.4, -0.2) is 35.1 Å². The molecule has 0 radical (unpaired) electrons. The Labute approximate surface area is 91.6 Å². The lowest BCUT2D eigenvalue weighted by atomic mass is 10.2. The minimum absolute atomic E-state index is 0.806. The van der Waals surface area contributed by atoms with Gasteiger partial charge in [-0.2, -0.15) is 0 Å². The van der Waals surface area contributed by atoms with Gasteiger partial charge in [-0.1, -0.05) is 13.0 Å². The smallest absolute Gasteiger partial charge is 0.372 e. The summed E-state index contributed by atoms with van der Waals surface area (Å²) >= 11 is 0. The maximum atomic E-state index is 5.40. The number of aromatic nitrogens is 1. The van der Waals surface area contributed by atoms with Crippen LogP contribution in [0.25, 0.3) is 0 Å². The monoisotopic (exact) mass is 227 g/mol. The van der Waals surface area contributed by atoms with E-state index in [4.69, 9.17) is 13.3 Å². The fourth-order valence-corrected chi connectivity index (χ4v) is 3.51. The lowest BCUT2D eigenvalue weighted by Gasteiger charge is -2.25. The van der Waals surface area contributed by atoms with E-state index in [1.54, 1.807) is 27.5 Å². The molecule has 1 aromatic rings. The average Bonchev–Trinajstić information content (AvgIpc) is 2.33. The van der Waals surface area contributed by atoms with Crippen LogP contribution in [0.1, 0.15) is 12.5 Å².